The van der Waals surface area contributed by atoms with Gasteiger partial charge in [0.2, 0.25) is 0 Å². The number of carbonyl (C=O) groups is 1. The zero-order valence-corrected chi connectivity index (χ0v) is 12.4. The second-order valence-electron chi connectivity index (χ2n) is 5.30. The predicted molar refractivity (Wildman–Crippen MR) is 81.2 cm³/mol. The second-order valence-corrected chi connectivity index (χ2v) is 5.30. The number of rotatable bonds is 3. The van der Waals surface area contributed by atoms with Gasteiger partial charge in [0.25, 0.3) is 11.5 Å². The van der Waals surface area contributed by atoms with Crippen molar-refractivity contribution in [2.75, 3.05) is 0 Å². The smallest absolute Gasteiger partial charge is 0.268 e. The standard InChI is InChI=1S/C16H20N2O2/c1-5-18-14(15(19)17-10(2)3)9-12-7-6-11(4)8-13(12)16(18)20/h6-10H,5H2,1-4H3,(H,17,19). The quantitative estimate of drug-likeness (QED) is 0.933. The van der Waals surface area contributed by atoms with E-state index in [0.717, 1.165) is 10.9 Å². The molecule has 4 heteroatoms. The lowest BCUT2D eigenvalue weighted by Crippen LogP contribution is -2.35. The van der Waals surface area contributed by atoms with Gasteiger partial charge in [-0.2, -0.15) is 0 Å². The molecule has 2 rings (SSSR count). The Labute approximate surface area is 118 Å². The van der Waals surface area contributed by atoms with Crippen LogP contribution >= 0.6 is 0 Å². The Hall–Kier alpha value is -2.10. The molecule has 0 spiro atoms. The fourth-order valence-electron chi connectivity index (χ4n) is 2.30. The number of carbonyl (C=O) groups excluding carboxylic acids is 1. The minimum absolute atomic E-state index is 0.0385. The van der Waals surface area contributed by atoms with Gasteiger partial charge < -0.3 is 9.88 Å². The van der Waals surface area contributed by atoms with Crippen LogP contribution in [0.4, 0.5) is 0 Å². The van der Waals surface area contributed by atoms with Crippen molar-refractivity contribution in [2.45, 2.75) is 40.3 Å². The Balaban J connectivity index is 2.69. The van der Waals surface area contributed by atoms with Crippen molar-refractivity contribution in [3.05, 3.63) is 45.9 Å². The molecule has 106 valence electrons. The van der Waals surface area contributed by atoms with Crippen LogP contribution in [0, 0.1) is 6.92 Å². The maximum absolute atomic E-state index is 12.5. The highest BCUT2D eigenvalue weighted by atomic mass is 16.2. The zero-order chi connectivity index (χ0) is 14.9. The van der Waals surface area contributed by atoms with Gasteiger partial charge in [0, 0.05) is 18.0 Å². The molecule has 1 aromatic heterocycles. The molecule has 1 N–H and O–H groups in total. The predicted octanol–water partition coefficient (Wildman–Crippen LogP) is 2.47. The Bertz CT molecular complexity index is 714. The van der Waals surface area contributed by atoms with Crippen LogP contribution in [0.15, 0.2) is 29.1 Å². The lowest BCUT2D eigenvalue weighted by molar-refractivity contribution is 0.0932. The summed E-state index contributed by atoms with van der Waals surface area (Å²) in [5.41, 5.74) is 1.35. The summed E-state index contributed by atoms with van der Waals surface area (Å²) in [4.78, 5) is 24.7. The summed E-state index contributed by atoms with van der Waals surface area (Å²) < 4.78 is 1.53. The van der Waals surface area contributed by atoms with Crippen LogP contribution in [-0.2, 0) is 6.54 Å². The van der Waals surface area contributed by atoms with E-state index in [-0.39, 0.29) is 17.5 Å². The van der Waals surface area contributed by atoms with Crippen molar-refractivity contribution in [1.29, 1.82) is 0 Å². The minimum Gasteiger partial charge on any atom is -0.349 e. The molecular weight excluding hydrogens is 252 g/mol. The molecule has 0 bridgehead atoms. The zero-order valence-electron chi connectivity index (χ0n) is 12.4. The Morgan fingerprint density at radius 3 is 2.60 bits per heavy atom. The fourth-order valence-corrected chi connectivity index (χ4v) is 2.30. The van der Waals surface area contributed by atoms with Crippen LogP contribution < -0.4 is 10.9 Å². The monoisotopic (exact) mass is 272 g/mol. The minimum atomic E-state index is -0.207. The van der Waals surface area contributed by atoms with E-state index in [9.17, 15) is 9.59 Å². The van der Waals surface area contributed by atoms with Gasteiger partial charge in [-0.3, -0.25) is 9.59 Å². The molecule has 0 fully saturated rings. The molecule has 0 aliphatic rings. The largest absolute Gasteiger partial charge is 0.349 e. The molecule has 1 aromatic carbocycles. The molecular formula is C16H20N2O2. The number of benzene rings is 1. The molecule has 0 aliphatic heterocycles. The van der Waals surface area contributed by atoms with Crippen LogP contribution in [-0.4, -0.2) is 16.5 Å². The van der Waals surface area contributed by atoms with Gasteiger partial charge >= 0.3 is 0 Å². The van der Waals surface area contributed by atoms with Crippen molar-refractivity contribution in [3.8, 4) is 0 Å². The van der Waals surface area contributed by atoms with E-state index in [1.165, 1.54) is 4.57 Å². The lowest BCUT2D eigenvalue weighted by Gasteiger charge is -2.14. The normalized spacial score (nSPS) is 11.1. The van der Waals surface area contributed by atoms with E-state index >= 15 is 0 Å². The van der Waals surface area contributed by atoms with Gasteiger partial charge in [0.15, 0.2) is 0 Å². The number of aryl methyl sites for hydroxylation is 1. The van der Waals surface area contributed by atoms with Crippen molar-refractivity contribution in [3.63, 3.8) is 0 Å². The van der Waals surface area contributed by atoms with Gasteiger partial charge in [-0.1, -0.05) is 17.7 Å². The average molecular weight is 272 g/mol. The average Bonchev–Trinajstić information content (AvgIpc) is 2.38. The van der Waals surface area contributed by atoms with Crippen LogP contribution in [0.1, 0.15) is 36.8 Å². The number of hydrogen-bond acceptors (Lipinski definition) is 2. The van der Waals surface area contributed by atoms with E-state index in [0.29, 0.717) is 17.6 Å². The summed E-state index contributed by atoms with van der Waals surface area (Å²) in [7, 11) is 0. The maximum Gasteiger partial charge on any atom is 0.268 e. The SMILES string of the molecule is CCn1c(C(=O)NC(C)C)cc2ccc(C)cc2c1=O. The Morgan fingerprint density at radius 2 is 2.00 bits per heavy atom. The van der Waals surface area contributed by atoms with Crippen molar-refractivity contribution in [1.82, 2.24) is 9.88 Å². The Kier molecular flexibility index (Phi) is 3.93. The third-order valence-electron chi connectivity index (χ3n) is 3.24. The first kappa shape index (κ1) is 14.3. The molecule has 0 saturated carbocycles. The molecule has 20 heavy (non-hydrogen) atoms. The van der Waals surface area contributed by atoms with Gasteiger partial charge in [-0.05, 0) is 45.2 Å². The van der Waals surface area contributed by atoms with Crippen LogP contribution in [0.2, 0.25) is 0 Å². The highest BCUT2D eigenvalue weighted by Gasteiger charge is 2.15. The van der Waals surface area contributed by atoms with E-state index < -0.39 is 0 Å². The number of nitrogens with zero attached hydrogens (tertiary/aromatic N) is 1. The lowest BCUT2D eigenvalue weighted by atomic mass is 10.1. The molecule has 2 aromatic rings. The van der Waals surface area contributed by atoms with Gasteiger partial charge in [0.1, 0.15) is 5.69 Å². The van der Waals surface area contributed by atoms with Gasteiger partial charge in [-0.15, -0.1) is 0 Å². The summed E-state index contributed by atoms with van der Waals surface area (Å²) in [5.74, 6) is -0.207. The summed E-state index contributed by atoms with van der Waals surface area (Å²) in [6.45, 7) is 8.10. The highest BCUT2D eigenvalue weighted by molar-refractivity contribution is 5.96. The third-order valence-corrected chi connectivity index (χ3v) is 3.24. The molecule has 1 amide bonds. The summed E-state index contributed by atoms with van der Waals surface area (Å²) >= 11 is 0. The number of nitrogens with one attached hydrogen (secondary N) is 1. The summed E-state index contributed by atoms with van der Waals surface area (Å²) in [6.07, 6.45) is 0. The van der Waals surface area contributed by atoms with Crippen molar-refractivity contribution >= 4 is 16.7 Å². The number of hydrogen-bond donors (Lipinski definition) is 1. The number of pyridine rings is 1. The first-order chi connectivity index (χ1) is 9.43. The highest BCUT2D eigenvalue weighted by Crippen LogP contribution is 2.14. The van der Waals surface area contributed by atoms with E-state index in [2.05, 4.69) is 5.32 Å². The van der Waals surface area contributed by atoms with Crippen LogP contribution in [0.25, 0.3) is 10.8 Å². The molecule has 0 atom stereocenters. The first-order valence-corrected chi connectivity index (χ1v) is 6.89. The molecule has 0 radical (unpaired) electrons. The van der Waals surface area contributed by atoms with Crippen molar-refractivity contribution < 1.29 is 4.79 Å². The van der Waals surface area contributed by atoms with E-state index in [1.807, 2.05) is 45.9 Å². The number of aromatic nitrogens is 1. The maximum atomic E-state index is 12.5. The topological polar surface area (TPSA) is 51.1 Å². The van der Waals surface area contributed by atoms with E-state index in [1.54, 1.807) is 6.07 Å². The van der Waals surface area contributed by atoms with E-state index in [4.69, 9.17) is 0 Å². The molecule has 0 unspecified atom stereocenters. The fraction of sp³-hybridized carbons (Fsp3) is 0.375. The van der Waals surface area contributed by atoms with Crippen LogP contribution in [0.5, 0.6) is 0 Å². The third kappa shape index (κ3) is 2.59. The number of amides is 1. The molecule has 0 saturated heterocycles. The van der Waals surface area contributed by atoms with Crippen LogP contribution in [0.3, 0.4) is 0 Å². The molecule has 4 nitrogen and oxygen atoms in total. The first-order valence-electron chi connectivity index (χ1n) is 6.89. The molecule has 1 heterocycles. The summed E-state index contributed by atoms with van der Waals surface area (Å²) in [6, 6.07) is 7.53. The number of fused-ring (bicyclic) bond motifs is 1. The van der Waals surface area contributed by atoms with Gasteiger partial charge in [0.05, 0.1) is 0 Å². The van der Waals surface area contributed by atoms with Crippen molar-refractivity contribution in [2.24, 2.45) is 0 Å². The second kappa shape index (κ2) is 5.49. The molecule has 0 aliphatic carbocycles. The summed E-state index contributed by atoms with van der Waals surface area (Å²) in [5, 5.41) is 4.30. The Morgan fingerprint density at radius 1 is 1.30 bits per heavy atom. The van der Waals surface area contributed by atoms with Gasteiger partial charge in [-0.25, -0.2) is 0 Å².